The molecule has 1 aromatic rings. The first kappa shape index (κ1) is 11.7. The molecule has 0 saturated heterocycles. The summed E-state index contributed by atoms with van der Waals surface area (Å²) >= 11 is 1.92. The molecule has 3 heteroatoms. The van der Waals surface area contributed by atoms with Crippen LogP contribution in [0.15, 0.2) is 11.4 Å². The van der Waals surface area contributed by atoms with Crippen LogP contribution in [-0.4, -0.2) is 24.0 Å². The second-order valence-electron chi connectivity index (χ2n) is 5.56. The van der Waals surface area contributed by atoms with Gasteiger partial charge < -0.3 is 5.73 Å². The highest BCUT2D eigenvalue weighted by Crippen LogP contribution is 2.28. The van der Waals surface area contributed by atoms with E-state index < -0.39 is 0 Å². The molecule has 2 atom stereocenters. The van der Waals surface area contributed by atoms with Crippen LogP contribution in [0.1, 0.15) is 36.1 Å². The molecule has 0 spiro atoms. The molecule has 0 amide bonds. The van der Waals surface area contributed by atoms with E-state index in [0.717, 1.165) is 12.5 Å². The van der Waals surface area contributed by atoms with Crippen LogP contribution in [-0.2, 0) is 13.0 Å². The van der Waals surface area contributed by atoms with Crippen LogP contribution >= 0.6 is 11.3 Å². The van der Waals surface area contributed by atoms with Crippen molar-refractivity contribution in [2.24, 2.45) is 11.7 Å². The van der Waals surface area contributed by atoms with Crippen molar-refractivity contribution in [2.75, 3.05) is 13.1 Å². The summed E-state index contributed by atoms with van der Waals surface area (Å²) in [6.45, 7) is 3.61. The minimum absolute atomic E-state index is 0.452. The van der Waals surface area contributed by atoms with Gasteiger partial charge in [-0.15, -0.1) is 11.3 Å². The summed E-state index contributed by atoms with van der Waals surface area (Å²) in [7, 11) is 0. The molecule has 2 unspecified atom stereocenters. The Bertz CT molecular complexity index is 374. The summed E-state index contributed by atoms with van der Waals surface area (Å²) in [4.78, 5) is 4.22. The van der Waals surface area contributed by atoms with E-state index in [1.54, 1.807) is 10.4 Å². The average Bonchev–Trinajstić information content (AvgIpc) is 2.79. The van der Waals surface area contributed by atoms with E-state index >= 15 is 0 Å². The van der Waals surface area contributed by atoms with E-state index in [-0.39, 0.29) is 0 Å². The van der Waals surface area contributed by atoms with E-state index in [1.807, 2.05) is 11.3 Å². The lowest BCUT2D eigenvalue weighted by Gasteiger charge is -2.35. The molecule has 3 rings (SSSR count). The van der Waals surface area contributed by atoms with Crippen LogP contribution in [0.25, 0.3) is 0 Å². The van der Waals surface area contributed by atoms with Gasteiger partial charge in [-0.25, -0.2) is 0 Å². The molecule has 0 bridgehead atoms. The number of nitrogens with zero attached hydrogens (tertiary/aromatic N) is 1. The third kappa shape index (κ3) is 2.56. The Hall–Kier alpha value is -0.380. The molecule has 94 valence electrons. The Balaban J connectivity index is 1.60. The summed E-state index contributed by atoms with van der Waals surface area (Å²) in [5.74, 6) is 0.740. The maximum atomic E-state index is 6.25. The molecule has 17 heavy (non-hydrogen) atoms. The highest BCUT2D eigenvalue weighted by atomic mass is 32.1. The zero-order valence-electron chi connectivity index (χ0n) is 10.4. The third-order valence-corrected chi connectivity index (χ3v) is 5.37. The van der Waals surface area contributed by atoms with Crippen molar-refractivity contribution in [1.82, 2.24) is 4.90 Å². The molecular formula is C14H22N2S. The first-order valence-electron chi connectivity index (χ1n) is 6.86. The predicted octanol–water partition coefficient (Wildman–Crippen LogP) is 2.62. The molecule has 2 nitrogen and oxygen atoms in total. The van der Waals surface area contributed by atoms with E-state index in [4.69, 9.17) is 5.73 Å². The monoisotopic (exact) mass is 250 g/mol. The quantitative estimate of drug-likeness (QED) is 0.874. The Kier molecular flexibility index (Phi) is 3.50. The number of hydrogen-bond acceptors (Lipinski definition) is 3. The summed E-state index contributed by atoms with van der Waals surface area (Å²) in [5.41, 5.74) is 7.81. The number of thiophene rings is 1. The predicted molar refractivity (Wildman–Crippen MR) is 73.2 cm³/mol. The van der Waals surface area contributed by atoms with Crippen LogP contribution in [0.3, 0.4) is 0 Å². The summed E-state index contributed by atoms with van der Waals surface area (Å²) in [6.07, 6.45) is 6.55. The molecule has 1 saturated carbocycles. The first-order chi connectivity index (χ1) is 8.33. The molecule has 1 aliphatic carbocycles. The van der Waals surface area contributed by atoms with E-state index in [9.17, 15) is 0 Å². The highest BCUT2D eigenvalue weighted by molar-refractivity contribution is 7.10. The van der Waals surface area contributed by atoms with Gasteiger partial charge in [0.05, 0.1) is 0 Å². The molecular weight excluding hydrogens is 228 g/mol. The van der Waals surface area contributed by atoms with Crippen molar-refractivity contribution in [3.05, 3.63) is 21.9 Å². The lowest BCUT2D eigenvalue weighted by atomic mass is 9.84. The summed E-state index contributed by atoms with van der Waals surface area (Å²) in [5, 5.41) is 2.24. The second kappa shape index (κ2) is 5.09. The van der Waals surface area contributed by atoms with Gasteiger partial charge in [0.15, 0.2) is 0 Å². The fraction of sp³-hybridized carbons (Fsp3) is 0.714. The Morgan fingerprint density at radius 3 is 3.12 bits per heavy atom. The molecule has 1 aliphatic heterocycles. The van der Waals surface area contributed by atoms with Crippen LogP contribution < -0.4 is 5.73 Å². The number of fused-ring (bicyclic) bond motifs is 1. The average molecular weight is 250 g/mol. The molecule has 2 aliphatic rings. The van der Waals surface area contributed by atoms with Gasteiger partial charge in [-0.05, 0) is 42.2 Å². The zero-order chi connectivity index (χ0) is 11.7. The molecule has 0 aromatic carbocycles. The smallest absolute Gasteiger partial charge is 0.0245 e. The maximum absolute atomic E-state index is 6.25. The lowest BCUT2D eigenvalue weighted by molar-refractivity contribution is 0.173. The van der Waals surface area contributed by atoms with Crippen molar-refractivity contribution < 1.29 is 0 Å². The lowest BCUT2D eigenvalue weighted by Crippen LogP contribution is -2.42. The van der Waals surface area contributed by atoms with E-state index in [2.05, 4.69) is 16.3 Å². The topological polar surface area (TPSA) is 29.3 Å². The number of rotatable bonds is 2. The standard InChI is InChI=1S/C14H22N2S/c15-13-4-2-1-3-11(13)9-16-7-5-14-12(10-16)6-8-17-14/h6,8,11,13H,1-5,7,9-10,15H2. The van der Waals surface area contributed by atoms with Crippen molar-refractivity contribution >= 4 is 11.3 Å². The Morgan fingerprint density at radius 2 is 2.24 bits per heavy atom. The first-order valence-corrected chi connectivity index (χ1v) is 7.74. The van der Waals surface area contributed by atoms with E-state index in [0.29, 0.717) is 6.04 Å². The van der Waals surface area contributed by atoms with Gasteiger partial charge in [0.25, 0.3) is 0 Å². The fourth-order valence-corrected chi connectivity index (χ4v) is 4.15. The van der Waals surface area contributed by atoms with Gasteiger partial charge >= 0.3 is 0 Å². The van der Waals surface area contributed by atoms with Crippen LogP contribution in [0, 0.1) is 5.92 Å². The minimum Gasteiger partial charge on any atom is -0.327 e. The molecule has 2 heterocycles. The largest absolute Gasteiger partial charge is 0.327 e. The minimum atomic E-state index is 0.452. The van der Waals surface area contributed by atoms with Gasteiger partial charge in [0, 0.05) is 30.6 Å². The summed E-state index contributed by atoms with van der Waals surface area (Å²) in [6, 6.07) is 2.75. The third-order valence-electron chi connectivity index (χ3n) is 4.35. The van der Waals surface area contributed by atoms with Gasteiger partial charge in [-0.3, -0.25) is 4.90 Å². The Labute approximate surface area is 108 Å². The normalized spacial score (nSPS) is 30.2. The fourth-order valence-electron chi connectivity index (χ4n) is 3.26. The molecule has 2 N–H and O–H groups in total. The second-order valence-corrected chi connectivity index (χ2v) is 6.56. The van der Waals surface area contributed by atoms with Crippen molar-refractivity contribution in [2.45, 2.75) is 44.7 Å². The summed E-state index contributed by atoms with van der Waals surface area (Å²) < 4.78 is 0. The van der Waals surface area contributed by atoms with Crippen LogP contribution in [0.2, 0.25) is 0 Å². The van der Waals surface area contributed by atoms with Gasteiger partial charge in [-0.2, -0.15) is 0 Å². The van der Waals surface area contributed by atoms with E-state index in [1.165, 1.54) is 45.2 Å². The molecule has 1 fully saturated rings. The van der Waals surface area contributed by atoms with Crippen molar-refractivity contribution in [3.8, 4) is 0 Å². The van der Waals surface area contributed by atoms with Crippen LogP contribution in [0.5, 0.6) is 0 Å². The van der Waals surface area contributed by atoms with Gasteiger partial charge in [0.2, 0.25) is 0 Å². The SMILES string of the molecule is NC1CCCCC1CN1CCc2sccc2C1. The van der Waals surface area contributed by atoms with Crippen LogP contribution in [0.4, 0.5) is 0 Å². The number of hydrogen-bond donors (Lipinski definition) is 1. The van der Waals surface area contributed by atoms with Crippen molar-refractivity contribution in [3.63, 3.8) is 0 Å². The van der Waals surface area contributed by atoms with Gasteiger partial charge in [0.1, 0.15) is 0 Å². The zero-order valence-corrected chi connectivity index (χ0v) is 11.2. The molecule has 1 aromatic heterocycles. The van der Waals surface area contributed by atoms with Crippen molar-refractivity contribution in [1.29, 1.82) is 0 Å². The maximum Gasteiger partial charge on any atom is 0.0245 e. The Morgan fingerprint density at radius 1 is 1.35 bits per heavy atom. The van der Waals surface area contributed by atoms with Gasteiger partial charge in [-0.1, -0.05) is 12.8 Å². The number of nitrogens with two attached hydrogens (primary N) is 1. The molecule has 0 radical (unpaired) electrons. The highest BCUT2D eigenvalue weighted by Gasteiger charge is 2.25.